The van der Waals surface area contributed by atoms with Gasteiger partial charge < -0.3 is 14.6 Å². The third-order valence-electron chi connectivity index (χ3n) is 11.2. The molecule has 11 rings (SSSR count). The maximum Gasteiger partial charge on any atom is 0.139 e. The van der Waals surface area contributed by atoms with Crippen molar-refractivity contribution in [2.75, 3.05) is 0 Å². The lowest BCUT2D eigenvalue weighted by atomic mass is 9.96. The van der Waals surface area contributed by atoms with Crippen LogP contribution in [0.2, 0.25) is 0 Å². The first-order chi connectivity index (χ1) is 28.2. The van der Waals surface area contributed by atoms with Crippen molar-refractivity contribution in [2.45, 2.75) is 18.9 Å². The van der Waals surface area contributed by atoms with E-state index < -0.39 is 0 Å². The Morgan fingerprint density at radius 3 is 1.67 bits per heavy atom. The van der Waals surface area contributed by atoms with Crippen molar-refractivity contribution in [3.05, 3.63) is 193 Å². The number of thiophene rings is 1. The molecule has 0 bridgehead atoms. The van der Waals surface area contributed by atoms with Crippen LogP contribution in [0.1, 0.15) is 29.0 Å². The fourth-order valence-corrected chi connectivity index (χ4v) is 9.94. The van der Waals surface area contributed by atoms with Gasteiger partial charge >= 0.3 is 0 Å². The van der Waals surface area contributed by atoms with Crippen molar-refractivity contribution in [3.63, 3.8) is 0 Å². The zero-order chi connectivity index (χ0) is 37.9. The van der Waals surface area contributed by atoms with Crippen LogP contribution in [0.3, 0.4) is 0 Å². The number of nitrogens with one attached hydrogen (secondary N) is 2. The number of furan rings is 2. The third-order valence-corrected chi connectivity index (χ3v) is 12.5. The lowest BCUT2D eigenvalue weighted by Crippen LogP contribution is -2.39. The van der Waals surface area contributed by atoms with Gasteiger partial charge in [-0.1, -0.05) is 158 Å². The van der Waals surface area contributed by atoms with Gasteiger partial charge in [0.1, 0.15) is 22.3 Å². The molecule has 0 amide bonds. The van der Waals surface area contributed by atoms with Gasteiger partial charge in [-0.05, 0) is 40.5 Å². The highest BCUT2D eigenvalue weighted by atomic mass is 32.1. The van der Waals surface area contributed by atoms with E-state index in [1.807, 2.05) is 59.9 Å². The topological polar surface area (TPSA) is 76.4 Å². The van der Waals surface area contributed by atoms with Crippen molar-refractivity contribution in [1.82, 2.24) is 10.6 Å². The molecule has 11 aromatic rings. The average molecular weight is 756 g/mol. The smallest absolute Gasteiger partial charge is 0.139 e. The van der Waals surface area contributed by atoms with Gasteiger partial charge in [0.15, 0.2) is 0 Å². The zero-order valence-corrected chi connectivity index (χ0v) is 31.7. The van der Waals surface area contributed by atoms with Crippen LogP contribution in [0.25, 0.3) is 86.3 Å². The second-order valence-electron chi connectivity index (χ2n) is 14.6. The Labute approximate surface area is 333 Å². The van der Waals surface area contributed by atoms with Gasteiger partial charge in [-0.15, -0.1) is 11.3 Å². The first-order valence-corrected chi connectivity index (χ1v) is 20.1. The number of benzene rings is 8. The minimum atomic E-state index is -0.347. The molecule has 3 aromatic heterocycles. The molecule has 57 heavy (non-hydrogen) atoms. The second kappa shape index (κ2) is 13.9. The Bertz CT molecular complexity index is 3250. The number of rotatable bonds is 9. The molecule has 0 aliphatic heterocycles. The minimum Gasteiger partial charge on any atom is -0.456 e. The fourth-order valence-electron chi connectivity index (χ4n) is 8.58. The largest absolute Gasteiger partial charge is 0.456 e. The number of fused-ring (bicyclic) bond motifs is 9. The van der Waals surface area contributed by atoms with Gasteiger partial charge in [0, 0.05) is 65.0 Å². The van der Waals surface area contributed by atoms with Gasteiger partial charge in [0.2, 0.25) is 0 Å². The maximum atomic E-state index is 6.76. The molecule has 4 N–H and O–H groups in total. The summed E-state index contributed by atoms with van der Waals surface area (Å²) in [5.41, 5.74) is 18.2. The maximum absolute atomic E-state index is 6.76. The quantitative estimate of drug-likeness (QED) is 0.128. The molecule has 0 aliphatic rings. The van der Waals surface area contributed by atoms with Gasteiger partial charge in [0.05, 0.1) is 12.3 Å². The molecular weight excluding hydrogens is 719 g/mol. The molecule has 0 spiro atoms. The fraction of sp³-hybridized carbons (Fsp3) is 0.0588. The number of nitrogens with two attached hydrogens (primary N) is 1. The average Bonchev–Trinajstić information content (AvgIpc) is 3.97. The summed E-state index contributed by atoms with van der Waals surface area (Å²) in [6.45, 7) is 0.577. The van der Waals surface area contributed by atoms with Crippen molar-refractivity contribution >= 4 is 75.4 Å². The first kappa shape index (κ1) is 33.8. The van der Waals surface area contributed by atoms with Crippen LogP contribution in [-0.2, 0) is 6.54 Å². The highest BCUT2D eigenvalue weighted by Crippen LogP contribution is 2.48. The molecule has 8 aromatic carbocycles. The Hall–Kier alpha value is -6.54. The van der Waals surface area contributed by atoms with E-state index in [1.54, 1.807) is 0 Å². The molecule has 0 saturated heterocycles. The molecule has 0 radical (unpaired) electrons. The Morgan fingerprint density at radius 1 is 0.456 bits per heavy atom. The standard InChI is InChI=1S/C51H37N3O2S/c52-50(31-14-3-1-4-15-31)54-51(32-16-5-2-6-17-32)53-30-33-18-9-26-41-46-35(21-13-29-44(46)56-47(33)41)37-23-11-25-39-38-24-10-22-36(48(38)57-49(37)39)34-20-12-28-43-45(34)40-19-7-8-27-42(40)55-43/h1-29,50-51,53-54H,30,52H2. The predicted octanol–water partition coefficient (Wildman–Crippen LogP) is 13.2. The van der Waals surface area contributed by atoms with Crippen LogP contribution >= 0.6 is 11.3 Å². The Balaban J connectivity index is 1.00. The van der Waals surface area contributed by atoms with Crippen LogP contribution in [0.4, 0.5) is 0 Å². The van der Waals surface area contributed by atoms with Gasteiger partial charge in [0.25, 0.3) is 0 Å². The SMILES string of the molecule is NC(NC(NCc1cccc2c1oc1cccc(-c3cccc4c3sc3c(-c5cccc6oc7ccccc7c56)cccc34)c12)c1ccccc1)c1ccccc1. The summed E-state index contributed by atoms with van der Waals surface area (Å²) < 4.78 is 15.6. The molecule has 3 heterocycles. The molecule has 274 valence electrons. The van der Waals surface area contributed by atoms with Gasteiger partial charge in [-0.25, -0.2) is 0 Å². The summed E-state index contributed by atoms with van der Waals surface area (Å²) in [6.07, 6.45) is -0.536. The molecule has 0 saturated carbocycles. The summed E-state index contributed by atoms with van der Waals surface area (Å²) in [4.78, 5) is 0. The molecular formula is C51H37N3O2S. The molecule has 2 unspecified atom stereocenters. The lowest BCUT2D eigenvalue weighted by molar-refractivity contribution is 0.385. The third kappa shape index (κ3) is 5.73. The highest BCUT2D eigenvalue weighted by Gasteiger charge is 2.21. The van der Waals surface area contributed by atoms with E-state index in [0.717, 1.165) is 66.1 Å². The second-order valence-corrected chi connectivity index (χ2v) is 15.6. The summed E-state index contributed by atoms with van der Waals surface area (Å²) in [6, 6.07) is 61.5. The number of para-hydroxylation sites is 2. The van der Waals surface area contributed by atoms with E-state index in [-0.39, 0.29) is 12.3 Å². The van der Waals surface area contributed by atoms with Crippen molar-refractivity contribution in [3.8, 4) is 22.3 Å². The van der Waals surface area contributed by atoms with Gasteiger partial charge in [-0.3, -0.25) is 10.6 Å². The molecule has 0 fully saturated rings. The van der Waals surface area contributed by atoms with E-state index in [4.69, 9.17) is 14.6 Å². The van der Waals surface area contributed by atoms with Crippen molar-refractivity contribution < 1.29 is 8.83 Å². The van der Waals surface area contributed by atoms with Crippen molar-refractivity contribution in [2.24, 2.45) is 5.73 Å². The highest BCUT2D eigenvalue weighted by molar-refractivity contribution is 7.27. The van der Waals surface area contributed by atoms with Crippen LogP contribution < -0.4 is 16.4 Å². The Morgan fingerprint density at radius 2 is 0.965 bits per heavy atom. The molecule has 5 nitrogen and oxygen atoms in total. The minimum absolute atomic E-state index is 0.189. The summed E-state index contributed by atoms with van der Waals surface area (Å²) >= 11 is 1.86. The number of hydrogen-bond donors (Lipinski definition) is 3. The van der Waals surface area contributed by atoms with Crippen LogP contribution in [0, 0.1) is 0 Å². The Kier molecular flexibility index (Phi) is 8.23. The summed E-state index contributed by atoms with van der Waals surface area (Å²) in [5.74, 6) is 0. The van der Waals surface area contributed by atoms with E-state index in [1.165, 1.54) is 36.9 Å². The van der Waals surface area contributed by atoms with Crippen LogP contribution in [0.5, 0.6) is 0 Å². The number of hydrogen-bond acceptors (Lipinski definition) is 6. The van der Waals surface area contributed by atoms with E-state index >= 15 is 0 Å². The molecule has 6 heteroatoms. The summed E-state index contributed by atoms with van der Waals surface area (Å²) in [7, 11) is 0. The normalized spacial score (nSPS) is 13.1. The van der Waals surface area contributed by atoms with Crippen LogP contribution in [-0.4, -0.2) is 0 Å². The van der Waals surface area contributed by atoms with Crippen molar-refractivity contribution in [1.29, 1.82) is 0 Å². The summed E-state index contributed by atoms with van der Waals surface area (Å²) in [5, 5.41) is 14.4. The van der Waals surface area contributed by atoms with E-state index in [9.17, 15) is 0 Å². The lowest BCUT2D eigenvalue weighted by Gasteiger charge is -2.25. The monoisotopic (exact) mass is 755 g/mol. The van der Waals surface area contributed by atoms with Crippen LogP contribution in [0.15, 0.2) is 185 Å². The molecule has 0 aliphatic carbocycles. The van der Waals surface area contributed by atoms with E-state index in [0.29, 0.717) is 6.54 Å². The van der Waals surface area contributed by atoms with E-state index in [2.05, 4.69) is 138 Å². The predicted molar refractivity (Wildman–Crippen MR) is 237 cm³/mol. The molecule has 2 atom stereocenters. The first-order valence-electron chi connectivity index (χ1n) is 19.3. The van der Waals surface area contributed by atoms with Gasteiger partial charge in [-0.2, -0.15) is 0 Å². The zero-order valence-electron chi connectivity index (χ0n) is 30.9.